The summed E-state index contributed by atoms with van der Waals surface area (Å²) in [5.41, 5.74) is 2.83. The van der Waals surface area contributed by atoms with Crippen molar-refractivity contribution in [2.75, 3.05) is 0 Å². The summed E-state index contributed by atoms with van der Waals surface area (Å²) in [5, 5.41) is 0. The second-order valence-electron chi connectivity index (χ2n) is 8.88. The van der Waals surface area contributed by atoms with Crippen molar-refractivity contribution in [3.05, 3.63) is 11.6 Å². The SMILES string of the molecule is C#C[C@@H]1C=C2CCCC[C@]2(C)[C@H]2CC[C@]3(C)CCC[C@H]3[C@H]12. The van der Waals surface area contributed by atoms with Gasteiger partial charge in [-0.05, 0) is 73.5 Å². The predicted octanol–water partition coefficient (Wildman–Crippen LogP) is 5.59. The molecule has 4 rings (SSSR count). The van der Waals surface area contributed by atoms with E-state index in [1.807, 2.05) is 0 Å². The molecule has 0 heteroatoms. The molecule has 3 fully saturated rings. The zero-order chi connectivity index (χ0) is 14.7. The van der Waals surface area contributed by atoms with Crippen LogP contribution in [0.2, 0.25) is 0 Å². The van der Waals surface area contributed by atoms with Gasteiger partial charge < -0.3 is 0 Å². The van der Waals surface area contributed by atoms with E-state index < -0.39 is 0 Å². The molecule has 0 aromatic rings. The van der Waals surface area contributed by atoms with E-state index in [-0.39, 0.29) is 0 Å². The molecule has 114 valence electrons. The van der Waals surface area contributed by atoms with Crippen LogP contribution < -0.4 is 0 Å². The van der Waals surface area contributed by atoms with E-state index >= 15 is 0 Å². The Labute approximate surface area is 130 Å². The van der Waals surface area contributed by atoms with E-state index in [0.717, 1.165) is 17.8 Å². The molecule has 6 atom stereocenters. The average Bonchev–Trinajstić information content (AvgIpc) is 2.87. The maximum atomic E-state index is 6.01. The van der Waals surface area contributed by atoms with Crippen LogP contribution in [-0.2, 0) is 0 Å². The fourth-order valence-corrected chi connectivity index (χ4v) is 6.87. The minimum atomic E-state index is 0.430. The first-order chi connectivity index (χ1) is 10.1. The number of terminal acetylenes is 1. The summed E-state index contributed by atoms with van der Waals surface area (Å²) in [7, 11) is 0. The third-order valence-electron chi connectivity index (χ3n) is 8.05. The fourth-order valence-electron chi connectivity index (χ4n) is 6.87. The highest BCUT2D eigenvalue weighted by Gasteiger charge is 2.57. The van der Waals surface area contributed by atoms with E-state index in [0.29, 0.717) is 16.7 Å². The molecule has 3 saturated carbocycles. The highest BCUT2D eigenvalue weighted by molar-refractivity contribution is 5.29. The van der Waals surface area contributed by atoms with E-state index in [1.54, 1.807) is 5.57 Å². The molecular formula is C21H30. The maximum Gasteiger partial charge on any atom is 0.0416 e. The highest BCUT2D eigenvalue weighted by Crippen LogP contribution is 2.65. The van der Waals surface area contributed by atoms with Gasteiger partial charge in [0.25, 0.3) is 0 Å². The van der Waals surface area contributed by atoms with Crippen molar-refractivity contribution in [2.24, 2.45) is 34.5 Å². The topological polar surface area (TPSA) is 0 Å². The summed E-state index contributed by atoms with van der Waals surface area (Å²) in [6.07, 6.45) is 21.3. The average molecular weight is 282 g/mol. The molecule has 21 heavy (non-hydrogen) atoms. The van der Waals surface area contributed by atoms with E-state index in [2.05, 4.69) is 25.8 Å². The van der Waals surface area contributed by atoms with Gasteiger partial charge in [-0.3, -0.25) is 0 Å². The molecule has 0 unspecified atom stereocenters. The van der Waals surface area contributed by atoms with Crippen LogP contribution in [0.4, 0.5) is 0 Å². The van der Waals surface area contributed by atoms with E-state index in [1.165, 1.54) is 57.8 Å². The first-order valence-corrected chi connectivity index (χ1v) is 9.26. The minimum absolute atomic E-state index is 0.430. The lowest BCUT2D eigenvalue weighted by Crippen LogP contribution is -2.51. The van der Waals surface area contributed by atoms with E-state index in [9.17, 15) is 0 Å². The molecule has 4 aliphatic rings. The highest BCUT2D eigenvalue weighted by atomic mass is 14.6. The van der Waals surface area contributed by atoms with Crippen molar-refractivity contribution in [2.45, 2.75) is 71.6 Å². The predicted molar refractivity (Wildman–Crippen MR) is 88.6 cm³/mol. The van der Waals surface area contributed by atoms with Crippen molar-refractivity contribution >= 4 is 0 Å². The Hall–Kier alpha value is -0.700. The number of hydrogen-bond donors (Lipinski definition) is 0. The summed E-state index contributed by atoms with van der Waals surface area (Å²) in [6.45, 7) is 5.15. The van der Waals surface area contributed by atoms with Crippen LogP contribution in [0.3, 0.4) is 0 Å². The summed E-state index contributed by atoms with van der Waals surface area (Å²) in [4.78, 5) is 0. The van der Waals surface area contributed by atoms with Gasteiger partial charge in [0.2, 0.25) is 0 Å². The first kappa shape index (κ1) is 13.9. The van der Waals surface area contributed by atoms with Crippen molar-refractivity contribution in [1.29, 1.82) is 0 Å². The van der Waals surface area contributed by atoms with Gasteiger partial charge in [0.1, 0.15) is 0 Å². The second kappa shape index (κ2) is 4.65. The van der Waals surface area contributed by atoms with Gasteiger partial charge >= 0.3 is 0 Å². The molecule has 0 amide bonds. The molecule has 0 saturated heterocycles. The Morgan fingerprint density at radius 3 is 2.71 bits per heavy atom. The lowest BCUT2D eigenvalue weighted by atomic mass is 9.46. The molecule has 4 aliphatic carbocycles. The molecule has 0 aromatic heterocycles. The zero-order valence-corrected chi connectivity index (χ0v) is 13.8. The molecule has 0 N–H and O–H groups in total. The van der Waals surface area contributed by atoms with Crippen LogP contribution in [0.1, 0.15) is 71.6 Å². The second-order valence-corrected chi connectivity index (χ2v) is 8.88. The Kier molecular flexibility index (Phi) is 3.08. The molecular weight excluding hydrogens is 252 g/mol. The van der Waals surface area contributed by atoms with Crippen LogP contribution in [0, 0.1) is 46.8 Å². The summed E-state index contributed by atoms with van der Waals surface area (Å²) >= 11 is 0. The van der Waals surface area contributed by atoms with Crippen molar-refractivity contribution in [1.82, 2.24) is 0 Å². The number of rotatable bonds is 0. The van der Waals surface area contributed by atoms with Crippen LogP contribution in [-0.4, -0.2) is 0 Å². The minimum Gasteiger partial charge on any atom is -0.119 e. The van der Waals surface area contributed by atoms with Crippen molar-refractivity contribution in [3.63, 3.8) is 0 Å². The lowest BCUT2D eigenvalue weighted by Gasteiger charge is -2.58. The Balaban J connectivity index is 1.79. The monoisotopic (exact) mass is 282 g/mol. The molecule has 0 nitrogen and oxygen atoms in total. The van der Waals surface area contributed by atoms with Crippen molar-refractivity contribution in [3.8, 4) is 12.3 Å². The molecule has 0 bridgehead atoms. The number of fused-ring (bicyclic) bond motifs is 5. The third kappa shape index (κ3) is 1.82. The van der Waals surface area contributed by atoms with Gasteiger partial charge in [-0.25, -0.2) is 0 Å². The molecule has 0 aromatic carbocycles. The third-order valence-corrected chi connectivity index (χ3v) is 8.05. The smallest absolute Gasteiger partial charge is 0.0416 e. The van der Waals surface area contributed by atoms with Crippen LogP contribution in [0.15, 0.2) is 11.6 Å². The van der Waals surface area contributed by atoms with Gasteiger partial charge in [-0.2, -0.15) is 0 Å². The van der Waals surface area contributed by atoms with Gasteiger partial charge in [-0.1, -0.05) is 44.3 Å². The Bertz CT molecular complexity index is 507. The summed E-state index contributed by atoms with van der Waals surface area (Å²) < 4.78 is 0. The van der Waals surface area contributed by atoms with Gasteiger partial charge in [0.05, 0.1) is 0 Å². The normalized spacial score (nSPS) is 52.1. The van der Waals surface area contributed by atoms with Crippen LogP contribution in [0.25, 0.3) is 0 Å². The standard InChI is InChI=1S/C21H30/c1-4-15-14-16-8-5-6-12-21(16,3)18-10-13-20(2)11-7-9-17(20)19(15)18/h1,14-15,17-19H,5-13H2,2-3H3/t15-,17+,18+,19+,20+,21+/m1/s1. The van der Waals surface area contributed by atoms with Gasteiger partial charge in [0, 0.05) is 5.92 Å². The lowest BCUT2D eigenvalue weighted by molar-refractivity contribution is -0.0380. The molecule has 0 heterocycles. The van der Waals surface area contributed by atoms with Gasteiger partial charge in [0.15, 0.2) is 0 Å². The Morgan fingerprint density at radius 1 is 1.05 bits per heavy atom. The fraction of sp³-hybridized carbons (Fsp3) is 0.810. The molecule has 0 aliphatic heterocycles. The quantitative estimate of drug-likeness (QED) is 0.401. The largest absolute Gasteiger partial charge is 0.119 e. The summed E-state index contributed by atoms with van der Waals surface area (Å²) in [5.74, 6) is 6.18. The summed E-state index contributed by atoms with van der Waals surface area (Å²) in [6, 6.07) is 0. The number of hydrogen-bond acceptors (Lipinski definition) is 0. The maximum absolute atomic E-state index is 6.01. The van der Waals surface area contributed by atoms with Crippen LogP contribution >= 0.6 is 0 Å². The zero-order valence-electron chi connectivity index (χ0n) is 13.8. The molecule has 0 spiro atoms. The van der Waals surface area contributed by atoms with E-state index in [4.69, 9.17) is 6.42 Å². The van der Waals surface area contributed by atoms with Crippen LogP contribution in [0.5, 0.6) is 0 Å². The number of allylic oxidation sites excluding steroid dienone is 2. The first-order valence-electron chi connectivity index (χ1n) is 9.26. The van der Waals surface area contributed by atoms with Gasteiger partial charge in [-0.15, -0.1) is 6.42 Å². The molecule has 0 radical (unpaired) electrons. The van der Waals surface area contributed by atoms with Crippen molar-refractivity contribution < 1.29 is 0 Å². The Morgan fingerprint density at radius 2 is 1.90 bits per heavy atom.